The number of unbranched alkanes of at least 4 members (excludes halogenated alkanes) is 22. The summed E-state index contributed by atoms with van der Waals surface area (Å²) in [5, 5.41) is 26.5. The van der Waals surface area contributed by atoms with Crippen LogP contribution in [0.15, 0.2) is 24.3 Å². The van der Waals surface area contributed by atoms with Crippen molar-refractivity contribution in [2.75, 3.05) is 59.5 Å². The van der Waals surface area contributed by atoms with Gasteiger partial charge in [-0.25, -0.2) is 0 Å². The van der Waals surface area contributed by atoms with Crippen LogP contribution in [0, 0.1) is 11.8 Å². The lowest BCUT2D eigenvalue weighted by Crippen LogP contribution is -2.55. The van der Waals surface area contributed by atoms with Crippen LogP contribution in [0.1, 0.15) is 258 Å². The maximum Gasteiger partial charge on any atom is 0.243 e. The summed E-state index contributed by atoms with van der Waals surface area (Å²) in [6.07, 6.45) is 51.4. The number of aliphatic hydroxyl groups is 2. The molecule has 2 aliphatic rings. The van der Waals surface area contributed by atoms with Crippen LogP contribution in [0.2, 0.25) is 0 Å². The minimum absolute atomic E-state index is 0.0332. The zero-order valence-electron chi connectivity index (χ0n) is 47.0. The number of rotatable bonds is 46. The Bertz CT molecular complexity index is 1290. The van der Waals surface area contributed by atoms with E-state index in [0.29, 0.717) is 39.0 Å². The molecule has 418 valence electrons. The second-order valence-electron chi connectivity index (χ2n) is 21.9. The van der Waals surface area contributed by atoms with E-state index >= 15 is 0 Å². The molecule has 0 aromatic carbocycles. The molecule has 4 amide bonds. The highest BCUT2D eigenvalue weighted by atomic mass is 16.3. The molecule has 2 aliphatic carbocycles. The van der Waals surface area contributed by atoms with E-state index < -0.39 is 12.1 Å². The first-order valence-corrected chi connectivity index (χ1v) is 30.6. The summed E-state index contributed by atoms with van der Waals surface area (Å²) in [6.45, 7) is 6.45. The molecule has 0 spiro atoms. The van der Waals surface area contributed by atoms with E-state index in [9.17, 15) is 29.4 Å². The van der Waals surface area contributed by atoms with Crippen molar-refractivity contribution in [3.05, 3.63) is 24.3 Å². The van der Waals surface area contributed by atoms with Crippen molar-refractivity contribution in [3.8, 4) is 0 Å². The second-order valence-corrected chi connectivity index (χ2v) is 21.9. The minimum atomic E-state index is -0.587. The van der Waals surface area contributed by atoms with Gasteiger partial charge in [-0.05, 0) is 109 Å². The van der Waals surface area contributed by atoms with Gasteiger partial charge in [0.2, 0.25) is 23.6 Å². The number of carbonyl (C=O) groups is 4. The number of hydrogen-bond acceptors (Lipinski definition) is 7. The zero-order valence-corrected chi connectivity index (χ0v) is 47.0. The molecule has 0 aromatic heterocycles. The van der Waals surface area contributed by atoms with E-state index in [4.69, 9.17) is 0 Å². The molecule has 0 aliphatic heterocycles. The first-order chi connectivity index (χ1) is 35.3. The van der Waals surface area contributed by atoms with Crippen molar-refractivity contribution in [1.29, 1.82) is 0 Å². The molecule has 2 fully saturated rings. The molecule has 4 N–H and O–H groups in total. The van der Waals surface area contributed by atoms with E-state index in [-0.39, 0.29) is 61.8 Å². The van der Waals surface area contributed by atoms with Crippen molar-refractivity contribution in [3.63, 3.8) is 0 Å². The highest BCUT2D eigenvalue weighted by Gasteiger charge is 2.38. The lowest BCUT2D eigenvalue weighted by Gasteiger charge is -2.38. The third-order valence-corrected chi connectivity index (χ3v) is 15.6. The fourth-order valence-corrected chi connectivity index (χ4v) is 11.2. The Morgan fingerprint density at radius 1 is 0.444 bits per heavy atom. The summed E-state index contributed by atoms with van der Waals surface area (Å²) in [4.78, 5) is 61.1. The summed E-state index contributed by atoms with van der Waals surface area (Å²) in [5.41, 5.74) is 0. The summed E-state index contributed by atoms with van der Waals surface area (Å²) in [7, 11) is 1.97. The molecule has 2 unspecified atom stereocenters. The Kier molecular flexibility index (Phi) is 41.4. The fraction of sp³-hybridized carbons (Fsp3) is 0.869. The van der Waals surface area contributed by atoms with Gasteiger partial charge in [0.05, 0.1) is 13.2 Å². The van der Waals surface area contributed by atoms with Crippen LogP contribution in [0.25, 0.3) is 0 Å². The summed E-state index contributed by atoms with van der Waals surface area (Å²) < 4.78 is 0. The van der Waals surface area contributed by atoms with Gasteiger partial charge in [-0.1, -0.05) is 179 Å². The fourth-order valence-electron chi connectivity index (χ4n) is 11.2. The van der Waals surface area contributed by atoms with E-state index in [2.05, 4.69) is 53.7 Å². The van der Waals surface area contributed by atoms with Gasteiger partial charge in [-0.2, -0.15) is 0 Å². The normalized spacial score (nSPS) is 15.6. The summed E-state index contributed by atoms with van der Waals surface area (Å²) in [5.74, 6) is -0.190. The Labute approximate surface area is 442 Å². The van der Waals surface area contributed by atoms with Gasteiger partial charge in [-0.15, -0.1) is 0 Å². The molecule has 11 heteroatoms. The van der Waals surface area contributed by atoms with Crippen LogP contribution in [0.5, 0.6) is 0 Å². The van der Waals surface area contributed by atoms with Gasteiger partial charge in [0.25, 0.3) is 0 Å². The van der Waals surface area contributed by atoms with Crippen LogP contribution in [0.4, 0.5) is 0 Å². The van der Waals surface area contributed by atoms with E-state index in [1.54, 1.807) is 9.80 Å². The average molecular weight is 1010 g/mol. The topological polar surface area (TPSA) is 143 Å². The van der Waals surface area contributed by atoms with Gasteiger partial charge in [0, 0.05) is 52.1 Å². The number of nitrogens with one attached hydrogen (secondary N) is 2. The molecule has 72 heavy (non-hydrogen) atoms. The highest BCUT2D eigenvalue weighted by Crippen LogP contribution is 2.31. The Morgan fingerprint density at radius 2 is 0.750 bits per heavy atom. The molecule has 11 nitrogen and oxygen atoms in total. The van der Waals surface area contributed by atoms with Gasteiger partial charge >= 0.3 is 0 Å². The maximum absolute atomic E-state index is 14.0. The predicted octanol–water partition coefficient (Wildman–Crippen LogP) is 12.8. The van der Waals surface area contributed by atoms with Gasteiger partial charge in [0.1, 0.15) is 12.1 Å². The third kappa shape index (κ3) is 31.2. The van der Waals surface area contributed by atoms with Crippen molar-refractivity contribution < 1.29 is 29.4 Å². The van der Waals surface area contributed by atoms with Crippen LogP contribution >= 0.6 is 0 Å². The Balaban J connectivity index is 1.81. The Hall–Kier alpha value is -2.76. The number of carbonyl (C=O) groups excluding carboxylic acids is 4. The smallest absolute Gasteiger partial charge is 0.243 e. The lowest BCUT2D eigenvalue weighted by molar-refractivity contribution is -0.144. The largest absolute Gasteiger partial charge is 0.395 e. The molecule has 0 saturated heterocycles. The van der Waals surface area contributed by atoms with Crippen molar-refractivity contribution in [1.82, 2.24) is 25.3 Å². The molecular formula is C61H113N5O6. The molecule has 0 bridgehead atoms. The van der Waals surface area contributed by atoms with Gasteiger partial charge in [-0.3, -0.25) is 19.2 Å². The summed E-state index contributed by atoms with van der Waals surface area (Å²) in [6, 6.07) is -1.17. The van der Waals surface area contributed by atoms with E-state index in [1.807, 2.05) is 7.05 Å². The van der Waals surface area contributed by atoms with Gasteiger partial charge in [0.15, 0.2) is 0 Å². The van der Waals surface area contributed by atoms with E-state index in [0.717, 1.165) is 128 Å². The zero-order chi connectivity index (χ0) is 52.1. The lowest BCUT2D eigenvalue weighted by atomic mass is 9.82. The average Bonchev–Trinajstić information content (AvgIpc) is 3.38. The number of hydrogen-bond donors (Lipinski definition) is 4. The monoisotopic (exact) mass is 1010 g/mol. The molecular weight excluding hydrogens is 899 g/mol. The van der Waals surface area contributed by atoms with Crippen LogP contribution in [-0.2, 0) is 19.2 Å². The van der Waals surface area contributed by atoms with Gasteiger partial charge < -0.3 is 35.5 Å². The summed E-state index contributed by atoms with van der Waals surface area (Å²) >= 11 is 0. The number of allylic oxidation sites excluding steroid dienone is 4. The molecule has 2 atom stereocenters. The predicted molar refractivity (Wildman–Crippen MR) is 301 cm³/mol. The highest BCUT2D eigenvalue weighted by molar-refractivity contribution is 5.88. The number of likely N-dealkylation sites (N-methyl/N-ethyl adjacent to an activating group) is 1. The molecule has 0 heterocycles. The molecule has 2 rings (SSSR count). The first-order valence-electron chi connectivity index (χ1n) is 30.6. The molecule has 0 aromatic rings. The minimum Gasteiger partial charge on any atom is -0.395 e. The number of nitrogens with zero attached hydrogens (tertiary/aromatic N) is 3. The maximum atomic E-state index is 14.0. The van der Waals surface area contributed by atoms with Crippen molar-refractivity contribution >= 4 is 23.6 Å². The Morgan fingerprint density at radius 3 is 1.07 bits per heavy atom. The quantitative estimate of drug-likeness (QED) is 0.0351. The number of aliphatic hydroxyl groups excluding tert-OH is 2. The number of amides is 4. The molecule has 0 radical (unpaired) electrons. The standard InChI is InChI=1S/C61H113N5O6/c1-4-6-8-10-12-14-16-18-20-22-24-26-28-30-38-44-56(69)65(50-52-67)58(54-40-34-32-35-41-54)60(71)62-46-48-64(3)49-47-63-61(72)59(55-42-36-33-37-43-55)66(51-53-68)57(70)45-39-31-29-27-25-23-21-19-17-15-13-11-9-7-5-2/h18-21,54-55,58-59,67-68H,4-17,22-53H2,1-3H3,(H,62,71)(H,63,72)/b20-18-,21-19-. The van der Waals surface area contributed by atoms with Crippen molar-refractivity contribution in [2.45, 2.75) is 270 Å². The van der Waals surface area contributed by atoms with Crippen LogP contribution < -0.4 is 10.6 Å². The van der Waals surface area contributed by atoms with Crippen molar-refractivity contribution in [2.24, 2.45) is 11.8 Å². The SMILES string of the molecule is CCCCCCCC/C=C\CCCCCCCC(=O)N(CCO)C(C(=O)NCCN(C)CCNC(=O)C(C1CCCCC1)N(CCO)C(=O)CCCCCCC/C=C\CCCCCCCC)C1CCCCC1. The third-order valence-electron chi connectivity index (χ3n) is 15.6. The van der Waals surface area contributed by atoms with E-state index in [1.165, 1.54) is 103 Å². The molecule has 2 saturated carbocycles. The van der Waals surface area contributed by atoms with Crippen LogP contribution in [-0.4, -0.2) is 120 Å². The van der Waals surface area contributed by atoms with Crippen LogP contribution in [0.3, 0.4) is 0 Å². The first kappa shape index (κ1) is 65.4. The second kappa shape index (κ2) is 45.6.